The minimum absolute atomic E-state index is 0.0836. The molecule has 0 saturated heterocycles. The lowest BCUT2D eigenvalue weighted by Crippen LogP contribution is -2.44. The lowest BCUT2D eigenvalue weighted by atomic mass is 9.73. The zero-order chi connectivity index (χ0) is 14.6. The zero-order valence-corrected chi connectivity index (χ0v) is 11.1. The first-order chi connectivity index (χ1) is 8.85. The van der Waals surface area contributed by atoms with Gasteiger partial charge in [-0.3, -0.25) is 4.79 Å². The molecular formula is C14H19F2NO2. The Morgan fingerprint density at radius 3 is 2.26 bits per heavy atom. The van der Waals surface area contributed by atoms with Gasteiger partial charge in [0.25, 0.3) is 0 Å². The van der Waals surface area contributed by atoms with Crippen LogP contribution in [0.3, 0.4) is 0 Å². The minimum Gasteiger partial charge on any atom is -0.481 e. The van der Waals surface area contributed by atoms with E-state index in [1.807, 2.05) is 13.8 Å². The molecular weight excluding hydrogens is 252 g/mol. The van der Waals surface area contributed by atoms with Gasteiger partial charge in [0.1, 0.15) is 17.0 Å². The summed E-state index contributed by atoms with van der Waals surface area (Å²) in [7, 11) is 0. The van der Waals surface area contributed by atoms with Crippen molar-refractivity contribution in [2.45, 2.75) is 32.1 Å². The molecule has 0 amide bonds. The number of carboxylic acids is 1. The smallest absolute Gasteiger partial charge is 0.315 e. The Hall–Kier alpha value is -1.49. The molecule has 1 aromatic rings. The molecule has 0 saturated carbocycles. The molecule has 0 heterocycles. The molecule has 0 aliphatic rings. The van der Waals surface area contributed by atoms with Gasteiger partial charge < -0.3 is 10.8 Å². The zero-order valence-electron chi connectivity index (χ0n) is 11.1. The Morgan fingerprint density at radius 2 is 1.89 bits per heavy atom. The lowest BCUT2D eigenvalue weighted by molar-refractivity contribution is -0.144. The molecule has 0 aliphatic heterocycles. The average molecular weight is 271 g/mol. The summed E-state index contributed by atoms with van der Waals surface area (Å²) in [6.45, 7) is 3.62. The van der Waals surface area contributed by atoms with Crippen LogP contribution >= 0.6 is 0 Å². The maximum absolute atomic E-state index is 13.3. The number of carbonyl (C=O) groups is 1. The second-order valence-corrected chi connectivity index (χ2v) is 4.97. The van der Waals surface area contributed by atoms with E-state index < -0.39 is 23.0 Å². The number of carboxylic acid groups (broad SMARTS) is 1. The summed E-state index contributed by atoms with van der Waals surface area (Å²) in [6.07, 6.45) is 1.02. The number of aliphatic carboxylic acids is 1. The van der Waals surface area contributed by atoms with Gasteiger partial charge in [0, 0.05) is 12.6 Å². The third-order valence-electron chi connectivity index (χ3n) is 3.57. The van der Waals surface area contributed by atoms with Crippen LogP contribution in [0.1, 0.15) is 32.3 Å². The quantitative estimate of drug-likeness (QED) is 0.836. The Bertz CT molecular complexity index is 445. The predicted octanol–water partition coefficient (Wildman–Crippen LogP) is 2.68. The topological polar surface area (TPSA) is 63.3 Å². The van der Waals surface area contributed by atoms with Gasteiger partial charge in [-0.15, -0.1) is 0 Å². The fraction of sp³-hybridized carbons (Fsp3) is 0.500. The van der Waals surface area contributed by atoms with Crippen molar-refractivity contribution in [1.82, 2.24) is 0 Å². The number of hydrogen-bond acceptors (Lipinski definition) is 2. The predicted molar refractivity (Wildman–Crippen MR) is 68.8 cm³/mol. The van der Waals surface area contributed by atoms with E-state index in [2.05, 4.69) is 0 Å². The van der Waals surface area contributed by atoms with Gasteiger partial charge in [0.05, 0.1) is 0 Å². The molecule has 106 valence electrons. The highest BCUT2D eigenvalue weighted by Gasteiger charge is 2.40. The standard InChI is InChI=1S/C14H19F2NO2/c1-3-9(2)7-14(8-17,13(18)19)10-4-11(15)6-12(16)5-10/h4-6,9H,3,7-8,17H2,1-2H3,(H,18,19). The van der Waals surface area contributed by atoms with Gasteiger partial charge in [-0.2, -0.15) is 0 Å². The van der Waals surface area contributed by atoms with E-state index in [9.17, 15) is 18.7 Å². The van der Waals surface area contributed by atoms with Crippen molar-refractivity contribution in [3.05, 3.63) is 35.4 Å². The number of rotatable bonds is 6. The number of nitrogens with two attached hydrogens (primary N) is 1. The SMILES string of the molecule is CCC(C)CC(CN)(C(=O)O)c1cc(F)cc(F)c1. The number of hydrogen-bond donors (Lipinski definition) is 2. The fourth-order valence-electron chi connectivity index (χ4n) is 2.19. The first-order valence-corrected chi connectivity index (χ1v) is 6.25. The third kappa shape index (κ3) is 3.29. The van der Waals surface area contributed by atoms with Crippen molar-refractivity contribution in [3.8, 4) is 0 Å². The summed E-state index contributed by atoms with van der Waals surface area (Å²) in [6, 6.07) is 2.81. The Labute approximate surface area is 111 Å². The Kier molecular flexibility index (Phi) is 5.00. The summed E-state index contributed by atoms with van der Waals surface area (Å²) in [5, 5.41) is 9.48. The normalized spacial score (nSPS) is 15.8. The van der Waals surface area contributed by atoms with E-state index in [0.717, 1.165) is 24.6 Å². The Morgan fingerprint density at radius 1 is 1.37 bits per heavy atom. The summed E-state index contributed by atoms with van der Waals surface area (Å²) < 4.78 is 26.6. The highest BCUT2D eigenvalue weighted by atomic mass is 19.1. The second kappa shape index (κ2) is 6.10. The number of halogens is 2. The second-order valence-electron chi connectivity index (χ2n) is 4.97. The van der Waals surface area contributed by atoms with E-state index in [1.54, 1.807) is 0 Å². The fourth-order valence-corrected chi connectivity index (χ4v) is 2.19. The van der Waals surface area contributed by atoms with Crippen molar-refractivity contribution in [2.24, 2.45) is 11.7 Å². The van der Waals surface area contributed by atoms with Gasteiger partial charge in [-0.25, -0.2) is 8.78 Å². The first kappa shape index (κ1) is 15.6. The minimum atomic E-state index is -1.45. The van der Waals surface area contributed by atoms with Gasteiger partial charge in [0.15, 0.2) is 0 Å². The van der Waals surface area contributed by atoms with Crippen molar-refractivity contribution in [2.75, 3.05) is 6.54 Å². The molecule has 2 atom stereocenters. The molecule has 1 aromatic carbocycles. The maximum atomic E-state index is 13.3. The molecule has 3 N–H and O–H groups in total. The van der Waals surface area contributed by atoms with Crippen molar-refractivity contribution >= 4 is 5.97 Å². The summed E-state index contributed by atoms with van der Waals surface area (Å²) in [4.78, 5) is 11.6. The molecule has 19 heavy (non-hydrogen) atoms. The van der Waals surface area contributed by atoms with Crippen LogP contribution in [0, 0.1) is 17.6 Å². The Balaban J connectivity index is 3.33. The van der Waals surface area contributed by atoms with E-state index in [1.165, 1.54) is 0 Å². The lowest BCUT2D eigenvalue weighted by Gasteiger charge is -2.31. The highest BCUT2D eigenvalue weighted by molar-refractivity contribution is 5.81. The third-order valence-corrected chi connectivity index (χ3v) is 3.57. The molecule has 3 nitrogen and oxygen atoms in total. The van der Waals surface area contributed by atoms with Crippen LogP contribution in [0.5, 0.6) is 0 Å². The maximum Gasteiger partial charge on any atom is 0.315 e. The molecule has 1 rings (SSSR count). The molecule has 0 fully saturated rings. The van der Waals surface area contributed by atoms with Crippen LogP contribution in [-0.4, -0.2) is 17.6 Å². The monoisotopic (exact) mass is 271 g/mol. The van der Waals surface area contributed by atoms with E-state index in [0.29, 0.717) is 0 Å². The van der Waals surface area contributed by atoms with Crippen molar-refractivity contribution < 1.29 is 18.7 Å². The molecule has 0 radical (unpaired) electrons. The average Bonchev–Trinajstić information content (AvgIpc) is 2.33. The van der Waals surface area contributed by atoms with Gasteiger partial charge >= 0.3 is 5.97 Å². The molecule has 5 heteroatoms. The molecule has 0 bridgehead atoms. The van der Waals surface area contributed by atoms with Crippen molar-refractivity contribution in [3.63, 3.8) is 0 Å². The van der Waals surface area contributed by atoms with Crippen LogP contribution in [-0.2, 0) is 10.2 Å². The molecule has 0 aliphatic carbocycles. The van der Waals surface area contributed by atoms with Crippen LogP contribution in [0.25, 0.3) is 0 Å². The number of benzene rings is 1. The highest BCUT2D eigenvalue weighted by Crippen LogP contribution is 2.33. The summed E-state index contributed by atoms with van der Waals surface area (Å²) >= 11 is 0. The van der Waals surface area contributed by atoms with Crippen molar-refractivity contribution in [1.29, 1.82) is 0 Å². The van der Waals surface area contributed by atoms with Gasteiger partial charge in [-0.05, 0) is 30.0 Å². The van der Waals surface area contributed by atoms with Gasteiger partial charge in [-0.1, -0.05) is 20.3 Å². The summed E-state index contributed by atoms with van der Waals surface area (Å²) in [5.74, 6) is -2.65. The largest absolute Gasteiger partial charge is 0.481 e. The van der Waals surface area contributed by atoms with Crippen LogP contribution in [0.15, 0.2) is 18.2 Å². The first-order valence-electron chi connectivity index (χ1n) is 6.25. The van der Waals surface area contributed by atoms with Gasteiger partial charge in [0.2, 0.25) is 0 Å². The van der Waals surface area contributed by atoms with E-state index in [-0.39, 0.29) is 24.4 Å². The van der Waals surface area contributed by atoms with Crippen LogP contribution in [0.2, 0.25) is 0 Å². The molecule has 0 spiro atoms. The van der Waals surface area contributed by atoms with Crippen LogP contribution < -0.4 is 5.73 Å². The summed E-state index contributed by atoms with van der Waals surface area (Å²) in [5.41, 5.74) is 4.26. The van der Waals surface area contributed by atoms with E-state index in [4.69, 9.17) is 5.73 Å². The molecule has 2 unspecified atom stereocenters. The van der Waals surface area contributed by atoms with Crippen LogP contribution in [0.4, 0.5) is 8.78 Å². The molecule has 0 aromatic heterocycles. The van der Waals surface area contributed by atoms with E-state index >= 15 is 0 Å².